The molecule has 0 aliphatic carbocycles. The number of piperidine rings is 1. The van der Waals surface area contributed by atoms with Crippen LogP contribution in [0.2, 0.25) is 0 Å². The molecule has 1 aromatic rings. The molecule has 0 unspecified atom stereocenters. The third kappa shape index (κ3) is 3.10. The molecule has 0 bridgehead atoms. The van der Waals surface area contributed by atoms with E-state index in [-0.39, 0.29) is 17.8 Å². The van der Waals surface area contributed by atoms with Gasteiger partial charge >= 0.3 is 5.97 Å². The van der Waals surface area contributed by atoms with Crippen molar-refractivity contribution in [2.24, 2.45) is 5.92 Å². The lowest BCUT2D eigenvalue weighted by atomic mass is 9.90. The van der Waals surface area contributed by atoms with Gasteiger partial charge < -0.3 is 9.84 Å². The Morgan fingerprint density at radius 2 is 2.30 bits per heavy atom. The molecule has 1 fully saturated rings. The zero-order valence-corrected chi connectivity index (χ0v) is 11.8. The SMILES string of the molecule is COc1ccc(F)c(CN2CCC[C@H](C(=O)O)[C@@H]2C)c1. The normalized spacial score (nSPS) is 23.6. The number of carboxylic acid groups (broad SMARTS) is 1. The molecule has 4 nitrogen and oxygen atoms in total. The van der Waals surface area contributed by atoms with Crippen molar-refractivity contribution in [2.75, 3.05) is 13.7 Å². The van der Waals surface area contributed by atoms with Crippen LogP contribution in [0.4, 0.5) is 4.39 Å². The number of benzene rings is 1. The molecule has 1 aliphatic heterocycles. The number of ether oxygens (including phenoxy) is 1. The predicted octanol–water partition coefficient (Wildman–Crippen LogP) is 2.52. The highest BCUT2D eigenvalue weighted by molar-refractivity contribution is 5.71. The minimum Gasteiger partial charge on any atom is -0.497 e. The maximum Gasteiger partial charge on any atom is 0.308 e. The number of hydrogen-bond acceptors (Lipinski definition) is 3. The zero-order chi connectivity index (χ0) is 14.7. The average molecular weight is 281 g/mol. The summed E-state index contributed by atoms with van der Waals surface area (Å²) in [5.41, 5.74) is 0.544. The summed E-state index contributed by atoms with van der Waals surface area (Å²) < 4.78 is 19.0. The van der Waals surface area contributed by atoms with Crippen LogP contribution in [-0.4, -0.2) is 35.7 Å². The Hall–Kier alpha value is -1.62. The lowest BCUT2D eigenvalue weighted by molar-refractivity contribution is -0.145. The van der Waals surface area contributed by atoms with Crippen molar-refractivity contribution in [3.8, 4) is 5.75 Å². The van der Waals surface area contributed by atoms with Crippen molar-refractivity contribution in [1.82, 2.24) is 4.90 Å². The fourth-order valence-corrected chi connectivity index (χ4v) is 2.78. The number of methoxy groups -OCH3 is 1. The molecule has 0 spiro atoms. The Labute approximate surface area is 118 Å². The highest BCUT2D eigenvalue weighted by atomic mass is 19.1. The number of carboxylic acids is 1. The van der Waals surface area contributed by atoms with E-state index in [0.29, 0.717) is 24.3 Å². The first-order valence-corrected chi connectivity index (χ1v) is 6.82. The zero-order valence-electron chi connectivity index (χ0n) is 11.8. The van der Waals surface area contributed by atoms with E-state index in [4.69, 9.17) is 4.74 Å². The maximum atomic E-state index is 13.8. The Bertz CT molecular complexity index is 492. The maximum absolute atomic E-state index is 13.8. The molecule has 1 N–H and O–H groups in total. The standard InChI is InChI=1S/C15H20FNO3/c1-10-13(15(18)19)4-3-7-17(10)9-11-8-12(20-2)5-6-14(11)16/h5-6,8,10,13H,3-4,7,9H2,1-2H3,(H,18,19)/t10-,13-/m0/s1. The van der Waals surface area contributed by atoms with Crippen LogP contribution in [0.5, 0.6) is 5.75 Å². The molecule has 20 heavy (non-hydrogen) atoms. The summed E-state index contributed by atoms with van der Waals surface area (Å²) in [4.78, 5) is 13.2. The van der Waals surface area contributed by atoms with E-state index < -0.39 is 5.97 Å². The molecule has 0 amide bonds. The quantitative estimate of drug-likeness (QED) is 0.921. The molecule has 0 saturated carbocycles. The molecule has 1 aromatic carbocycles. The summed E-state index contributed by atoms with van der Waals surface area (Å²) in [7, 11) is 1.54. The van der Waals surface area contributed by atoms with Gasteiger partial charge in [-0.05, 0) is 44.5 Å². The highest BCUT2D eigenvalue weighted by Crippen LogP contribution is 2.27. The van der Waals surface area contributed by atoms with E-state index >= 15 is 0 Å². The molecule has 2 atom stereocenters. The van der Waals surface area contributed by atoms with Crippen molar-refractivity contribution in [3.05, 3.63) is 29.6 Å². The van der Waals surface area contributed by atoms with Crippen molar-refractivity contribution in [2.45, 2.75) is 32.4 Å². The monoisotopic (exact) mass is 281 g/mol. The molecule has 0 radical (unpaired) electrons. The van der Waals surface area contributed by atoms with E-state index in [2.05, 4.69) is 0 Å². The van der Waals surface area contributed by atoms with Crippen LogP contribution >= 0.6 is 0 Å². The molecule has 0 aromatic heterocycles. The van der Waals surface area contributed by atoms with Crippen molar-refractivity contribution >= 4 is 5.97 Å². The second-order valence-electron chi connectivity index (χ2n) is 5.26. The van der Waals surface area contributed by atoms with Crippen LogP contribution in [-0.2, 0) is 11.3 Å². The van der Waals surface area contributed by atoms with Gasteiger partial charge in [0.25, 0.3) is 0 Å². The Morgan fingerprint density at radius 1 is 1.55 bits per heavy atom. The van der Waals surface area contributed by atoms with Crippen molar-refractivity contribution in [1.29, 1.82) is 0 Å². The summed E-state index contributed by atoms with van der Waals surface area (Å²) in [6.07, 6.45) is 1.51. The third-order valence-electron chi connectivity index (χ3n) is 4.06. The minimum atomic E-state index is -0.770. The molecule has 5 heteroatoms. The van der Waals surface area contributed by atoms with E-state index in [1.54, 1.807) is 19.2 Å². The number of nitrogens with zero attached hydrogens (tertiary/aromatic N) is 1. The molecular weight excluding hydrogens is 261 g/mol. The second kappa shape index (κ2) is 6.22. The van der Waals surface area contributed by atoms with Crippen LogP contribution in [0.25, 0.3) is 0 Å². The number of hydrogen-bond donors (Lipinski definition) is 1. The van der Waals surface area contributed by atoms with Gasteiger partial charge in [-0.25, -0.2) is 4.39 Å². The van der Waals surface area contributed by atoms with Gasteiger partial charge in [-0.1, -0.05) is 0 Å². The van der Waals surface area contributed by atoms with Crippen molar-refractivity contribution < 1.29 is 19.0 Å². The summed E-state index contributed by atoms with van der Waals surface area (Å²) in [6.45, 7) is 3.10. The van der Waals surface area contributed by atoms with E-state index in [0.717, 1.165) is 13.0 Å². The molecule has 110 valence electrons. The first-order valence-electron chi connectivity index (χ1n) is 6.82. The Morgan fingerprint density at radius 3 is 2.95 bits per heavy atom. The number of carbonyl (C=O) groups is 1. The second-order valence-corrected chi connectivity index (χ2v) is 5.26. The highest BCUT2D eigenvalue weighted by Gasteiger charge is 2.33. The first kappa shape index (κ1) is 14.8. The van der Waals surface area contributed by atoms with Crippen LogP contribution in [0.15, 0.2) is 18.2 Å². The van der Waals surface area contributed by atoms with Crippen molar-refractivity contribution in [3.63, 3.8) is 0 Å². The number of halogens is 1. The molecule has 1 heterocycles. The molecule has 1 aliphatic rings. The van der Waals surface area contributed by atoms with Gasteiger partial charge in [0, 0.05) is 18.2 Å². The van der Waals surface area contributed by atoms with Gasteiger partial charge in [0.15, 0.2) is 0 Å². The van der Waals surface area contributed by atoms with Gasteiger partial charge in [0.1, 0.15) is 11.6 Å². The molecular formula is C15H20FNO3. The predicted molar refractivity (Wildman–Crippen MR) is 73.2 cm³/mol. The molecule has 2 rings (SSSR count). The summed E-state index contributed by atoms with van der Waals surface area (Å²) in [6, 6.07) is 4.55. The van der Waals surface area contributed by atoms with Crippen LogP contribution in [0.3, 0.4) is 0 Å². The van der Waals surface area contributed by atoms with Crippen LogP contribution in [0, 0.1) is 11.7 Å². The number of aliphatic carboxylic acids is 1. The van der Waals surface area contributed by atoms with Gasteiger partial charge in [0.05, 0.1) is 13.0 Å². The minimum absolute atomic E-state index is 0.0909. The number of rotatable bonds is 4. The Kier molecular flexibility index (Phi) is 4.60. The topological polar surface area (TPSA) is 49.8 Å². The van der Waals surface area contributed by atoms with Gasteiger partial charge in [0.2, 0.25) is 0 Å². The largest absolute Gasteiger partial charge is 0.497 e. The summed E-state index contributed by atoms with van der Waals surface area (Å²) >= 11 is 0. The smallest absolute Gasteiger partial charge is 0.308 e. The fraction of sp³-hybridized carbons (Fsp3) is 0.533. The van der Waals surface area contributed by atoms with E-state index in [9.17, 15) is 14.3 Å². The fourth-order valence-electron chi connectivity index (χ4n) is 2.78. The van der Waals surface area contributed by atoms with Crippen LogP contribution in [0.1, 0.15) is 25.3 Å². The van der Waals surface area contributed by atoms with Gasteiger partial charge in [-0.2, -0.15) is 0 Å². The lowest BCUT2D eigenvalue weighted by Crippen LogP contribution is -2.45. The van der Waals surface area contributed by atoms with Gasteiger partial charge in [-0.3, -0.25) is 9.69 Å². The first-order chi connectivity index (χ1) is 9.52. The lowest BCUT2D eigenvalue weighted by Gasteiger charge is -2.37. The van der Waals surface area contributed by atoms with Gasteiger partial charge in [-0.15, -0.1) is 0 Å². The average Bonchev–Trinajstić information content (AvgIpc) is 2.43. The van der Waals surface area contributed by atoms with E-state index in [1.165, 1.54) is 6.07 Å². The number of likely N-dealkylation sites (tertiary alicyclic amines) is 1. The Balaban J connectivity index is 2.14. The summed E-state index contributed by atoms with van der Waals surface area (Å²) in [5, 5.41) is 9.21. The molecule has 1 saturated heterocycles. The van der Waals surface area contributed by atoms with Crippen LogP contribution < -0.4 is 4.74 Å². The van der Waals surface area contributed by atoms with E-state index in [1.807, 2.05) is 11.8 Å². The summed E-state index contributed by atoms with van der Waals surface area (Å²) in [5.74, 6) is -0.818. The third-order valence-corrected chi connectivity index (χ3v) is 4.06.